The van der Waals surface area contributed by atoms with Crippen LogP contribution in [0.4, 0.5) is 0 Å². The molecular formula is C26H26O12. The van der Waals surface area contributed by atoms with Crippen molar-refractivity contribution in [1.29, 1.82) is 0 Å². The van der Waals surface area contributed by atoms with Crippen molar-refractivity contribution in [2.75, 3.05) is 56.9 Å². The Hall–Kier alpha value is -4.74. The highest BCUT2D eigenvalue weighted by molar-refractivity contribution is 6.28. The molecule has 0 fully saturated rings. The summed E-state index contributed by atoms with van der Waals surface area (Å²) >= 11 is 0. The fourth-order valence-electron chi connectivity index (χ4n) is 4.63. The number of esters is 2. The van der Waals surface area contributed by atoms with Crippen LogP contribution in [0, 0.1) is 0 Å². The number of hydrogen-bond acceptors (Lipinski definition) is 12. The summed E-state index contributed by atoms with van der Waals surface area (Å²) in [6.45, 7) is 0. The summed E-state index contributed by atoms with van der Waals surface area (Å²) in [6, 6.07) is 0. The van der Waals surface area contributed by atoms with Crippen LogP contribution >= 0.6 is 0 Å². The third kappa shape index (κ3) is 3.76. The van der Waals surface area contributed by atoms with Crippen molar-refractivity contribution in [1.82, 2.24) is 0 Å². The van der Waals surface area contributed by atoms with Crippen LogP contribution in [0.5, 0.6) is 34.5 Å². The second-order valence-electron chi connectivity index (χ2n) is 7.50. The Morgan fingerprint density at radius 3 is 1.16 bits per heavy atom. The zero-order valence-corrected chi connectivity index (χ0v) is 22.1. The lowest BCUT2D eigenvalue weighted by atomic mass is 9.86. The molecule has 202 valence electrons. The van der Waals surface area contributed by atoms with Crippen LogP contribution in [0.3, 0.4) is 0 Å². The largest absolute Gasteiger partial charge is 0.495 e. The lowest BCUT2D eigenvalue weighted by molar-refractivity contribution is 0.0555. The second kappa shape index (κ2) is 11.1. The summed E-state index contributed by atoms with van der Waals surface area (Å²) in [6.07, 6.45) is 0.627. The summed E-state index contributed by atoms with van der Waals surface area (Å²) in [5.41, 5.74) is -1.56. The van der Waals surface area contributed by atoms with Gasteiger partial charge in [0.2, 0.25) is 11.5 Å². The molecule has 3 aromatic carbocycles. The van der Waals surface area contributed by atoms with E-state index >= 15 is 0 Å². The van der Waals surface area contributed by atoms with E-state index in [1.807, 2.05) is 0 Å². The quantitative estimate of drug-likeness (QED) is 0.216. The fraction of sp³-hybridized carbons (Fsp3) is 0.308. The zero-order valence-electron chi connectivity index (χ0n) is 22.1. The maximum atomic E-state index is 13.2. The number of benzene rings is 3. The lowest BCUT2D eigenvalue weighted by Crippen LogP contribution is -2.18. The SMILES string of the molecule is COC(=O)c1c(C=O)c(C=O)c2c(OC)c3c(OC)c(OC)c(OC)c(OC)c3c(OC)c2c1C(=O)OC. The number of carbonyl (C=O) groups is 4. The molecule has 0 N–H and O–H groups in total. The van der Waals surface area contributed by atoms with Gasteiger partial charge in [0.15, 0.2) is 24.1 Å². The van der Waals surface area contributed by atoms with Gasteiger partial charge in [-0.05, 0) is 0 Å². The number of rotatable bonds is 10. The molecule has 12 heteroatoms. The first-order valence-corrected chi connectivity index (χ1v) is 10.9. The molecule has 38 heavy (non-hydrogen) atoms. The highest BCUT2D eigenvalue weighted by atomic mass is 16.5. The van der Waals surface area contributed by atoms with Crippen molar-refractivity contribution in [2.24, 2.45) is 0 Å². The average molecular weight is 530 g/mol. The number of ether oxygens (including phenoxy) is 8. The van der Waals surface area contributed by atoms with Gasteiger partial charge in [-0.15, -0.1) is 0 Å². The third-order valence-corrected chi connectivity index (χ3v) is 6.05. The molecule has 0 heterocycles. The molecule has 0 aliphatic heterocycles. The van der Waals surface area contributed by atoms with Crippen molar-refractivity contribution in [3.63, 3.8) is 0 Å². The van der Waals surface area contributed by atoms with Gasteiger partial charge in [0.1, 0.15) is 11.5 Å². The Labute approximate surface area is 217 Å². The van der Waals surface area contributed by atoms with E-state index in [9.17, 15) is 19.2 Å². The van der Waals surface area contributed by atoms with Crippen LogP contribution in [0.1, 0.15) is 41.4 Å². The predicted molar refractivity (Wildman–Crippen MR) is 134 cm³/mol. The van der Waals surface area contributed by atoms with Gasteiger partial charge in [0, 0.05) is 21.9 Å². The Bertz CT molecular complexity index is 1470. The van der Waals surface area contributed by atoms with Crippen molar-refractivity contribution in [3.05, 3.63) is 22.3 Å². The topological polar surface area (TPSA) is 142 Å². The van der Waals surface area contributed by atoms with E-state index in [-0.39, 0.29) is 67.9 Å². The summed E-state index contributed by atoms with van der Waals surface area (Å²) in [5.74, 6) is -1.68. The zero-order chi connectivity index (χ0) is 28.3. The van der Waals surface area contributed by atoms with Crippen LogP contribution in [0.25, 0.3) is 21.5 Å². The van der Waals surface area contributed by atoms with Gasteiger partial charge in [0.05, 0.1) is 78.8 Å². The second-order valence-corrected chi connectivity index (χ2v) is 7.50. The molecule has 0 spiro atoms. The Balaban J connectivity index is 3.03. The monoisotopic (exact) mass is 530 g/mol. The Kier molecular flexibility index (Phi) is 8.14. The molecule has 0 aliphatic rings. The molecule has 12 nitrogen and oxygen atoms in total. The van der Waals surface area contributed by atoms with E-state index in [0.717, 1.165) is 14.2 Å². The molecule has 0 unspecified atom stereocenters. The third-order valence-electron chi connectivity index (χ3n) is 6.05. The van der Waals surface area contributed by atoms with Gasteiger partial charge in [-0.2, -0.15) is 0 Å². The summed E-state index contributed by atoms with van der Waals surface area (Å²) < 4.78 is 43.8. The van der Waals surface area contributed by atoms with E-state index in [2.05, 4.69) is 0 Å². The number of aldehydes is 2. The van der Waals surface area contributed by atoms with Crippen LogP contribution in [0.2, 0.25) is 0 Å². The van der Waals surface area contributed by atoms with Crippen LogP contribution in [-0.2, 0) is 9.47 Å². The molecule has 3 aromatic rings. The first kappa shape index (κ1) is 27.8. The van der Waals surface area contributed by atoms with Gasteiger partial charge in [-0.3, -0.25) is 9.59 Å². The minimum Gasteiger partial charge on any atom is -0.495 e. The number of methoxy groups -OCH3 is 8. The minimum atomic E-state index is -1.06. The summed E-state index contributed by atoms with van der Waals surface area (Å²) in [5, 5.41) is 0.278. The molecular weight excluding hydrogens is 504 g/mol. The van der Waals surface area contributed by atoms with Crippen LogP contribution in [0.15, 0.2) is 0 Å². The van der Waals surface area contributed by atoms with Gasteiger partial charge in [-0.25, -0.2) is 9.59 Å². The van der Waals surface area contributed by atoms with Crippen molar-refractivity contribution in [3.8, 4) is 34.5 Å². The predicted octanol–water partition coefficient (Wildman–Crippen LogP) is 3.24. The average Bonchev–Trinajstić information content (AvgIpc) is 2.95. The number of carbonyl (C=O) groups excluding carboxylic acids is 4. The Morgan fingerprint density at radius 1 is 0.447 bits per heavy atom. The van der Waals surface area contributed by atoms with Crippen LogP contribution in [-0.4, -0.2) is 81.4 Å². The highest BCUT2D eigenvalue weighted by Gasteiger charge is 2.37. The normalized spacial score (nSPS) is 10.5. The molecule has 3 rings (SSSR count). The van der Waals surface area contributed by atoms with Crippen LogP contribution < -0.4 is 28.4 Å². The molecule has 0 aliphatic carbocycles. The van der Waals surface area contributed by atoms with Gasteiger partial charge in [-0.1, -0.05) is 0 Å². The van der Waals surface area contributed by atoms with Gasteiger partial charge >= 0.3 is 11.9 Å². The molecule has 0 atom stereocenters. The molecule has 0 amide bonds. The minimum absolute atomic E-state index is 0.0151. The van der Waals surface area contributed by atoms with E-state index in [1.165, 1.54) is 42.7 Å². The summed E-state index contributed by atoms with van der Waals surface area (Å²) in [7, 11) is 10.3. The van der Waals surface area contributed by atoms with E-state index in [1.54, 1.807) is 0 Å². The first-order chi connectivity index (χ1) is 18.3. The molecule has 0 saturated carbocycles. The molecule has 0 saturated heterocycles. The molecule has 0 aromatic heterocycles. The highest BCUT2D eigenvalue weighted by Crippen LogP contribution is 2.59. The number of hydrogen-bond donors (Lipinski definition) is 0. The maximum absolute atomic E-state index is 13.2. The van der Waals surface area contributed by atoms with E-state index in [4.69, 9.17) is 37.9 Å². The fourth-order valence-corrected chi connectivity index (χ4v) is 4.63. The van der Waals surface area contributed by atoms with Crippen molar-refractivity contribution in [2.45, 2.75) is 0 Å². The summed E-state index contributed by atoms with van der Waals surface area (Å²) in [4.78, 5) is 50.9. The molecule has 0 bridgehead atoms. The van der Waals surface area contributed by atoms with Gasteiger partial charge < -0.3 is 37.9 Å². The maximum Gasteiger partial charge on any atom is 0.339 e. The standard InChI is InChI=1S/C26H26O12/c1-31-19-13-11(9-27)12(10-28)14(25(29)37-7)16(26(30)38-8)15(13)20(32-2)18-17(19)21(33-3)23(35-5)24(36-6)22(18)34-4/h9-10H,1-8H3. The lowest BCUT2D eigenvalue weighted by Gasteiger charge is -2.25. The Morgan fingerprint density at radius 2 is 0.816 bits per heavy atom. The van der Waals surface area contributed by atoms with Crippen molar-refractivity contribution < 1.29 is 57.1 Å². The number of fused-ring (bicyclic) bond motifs is 2. The van der Waals surface area contributed by atoms with E-state index in [0.29, 0.717) is 6.29 Å². The van der Waals surface area contributed by atoms with Crippen molar-refractivity contribution >= 4 is 46.1 Å². The smallest absolute Gasteiger partial charge is 0.339 e. The molecule has 0 radical (unpaired) electrons. The van der Waals surface area contributed by atoms with Gasteiger partial charge in [0.25, 0.3) is 0 Å². The van der Waals surface area contributed by atoms with E-state index < -0.39 is 28.6 Å². The first-order valence-electron chi connectivity index (χ1n) is 10.9.